The Hall–Kier alpha value is -0.670. The lowest BCUT2D eigenvalue weighted by Crippen LogP contribution is -2.20. The second-order valence-electron chi connectivity index (χ2n) is 4.76. The number of rotatable bonds is 9. The van der Waals surface area contributed by atoms with E-state index in [4.69, 9.17) is 4.74 Å². The van der Waals surface area contributed by atoms with Gasteiger partial charge in [-0.25, -0.2) is 0 Å². The topological polar surface area (TPSA) is 21.3 Å². The molecular weight excluding hydrogens is 254 g/mol. The van der Waals surface area contributed by atoms with E-state index in [1.54, 1.807) is 0 Å². The monoisotopic (exact) mass is 281 g/mol. The van der Waals surface area contributed by atoms with Crippen molar-refractivity contribution in [2.24, 2.45) is 0 Å². The second kappa shape index (κ2) is 9.27. The van der Waals surface area contributed by atoms with Crippen LogP contribution in [0.3, 0.4) is 0 Å². The van der Waals surface area contributed by atoms with Crippen molar-refractivity contribution in [1.29, 1.82) is 0 Å². The first-order valence-corrected chi connectivity index (χ1v) is 8.39. The molecule has 1 aromatic carbocycles. The van der Waals surface area contributed by atoms with Gasteiger partial charge in [0, 0.05) is 17.4 Å². The minimum atomic E-state index is 0.341. The first-order chi connectivity index (χ1) is 9.19. The molecule has 1 aromatic rings. The average molecular weight is 281 g/mol. The Balaban J connectivity index is 2.67. The molecule has 108 valence electrons. The van der Waals surface area contributed by atoms with Crippen LogP contribution in [0.4, 0.5) is 0 Å². The lowest BCUT2D eigenvalue weighted by atomic mass is 10.0. The normalized spacial score (nSPS) is 12.4. The predicted octanol–water partition coefficient (Wildman–Crippen LogP) is 4.19. The van der Waals surface area contributed by atoms with Crippen molar-refractivity contribution in [2.45, 2.75) is 40.2 Å². The highest BCUT2D eigenvalue weighted by Gasteiger charge is 2.11. The SMILES string of the molecule is CCCNC(C)c1cc(C)ccc1OCCSCC. The van der Waals surface area contributed by atoms with E-state index in [0.29, 0.717) is 6.04 Å². The standard InChI is InChI=1S/C16H27NOS/c1-5-9-17-14(4)15-12-13(3)7-8-16(15)18-10-11-19-6-2/h7-8,12,14,17H,5-6,9-11H2,1-4H3. The third-order valence-corrected chi connectivity index (χ3v) is 3.89. The third-order valence-electron chi connectivity index (χ3n) is 3.02. The van der Waals surface area contributed by atoms with Crippen molar-refractivity contribution in [3.8, 4) is 5.75 Å². The Kier molecular flexibility index (Phi) is 7.99. The number of ether oxygens (including phenoxy) is 1. The van der Waals surface area contributed by atoms with Crippen LogP contribution in [0.25, 0.3) is 0 Å². The molecule has 0 saturated heterocycles. The van der Waals surface area contributed by atoms with E-state index < -0.39 is 0 Å². The van der Waals surface area contributed by atoms with Gasteiger partial charge in [-0.15, -0.1) is 0 Å². The molecule has 0 saturated carbocycles. The molecule has 0 radical (unpaired) electrons. The first-order valence-electron chi connectivity index (χ1n) is 7.23. The van der Waals surface area contributed by atoms with E-state index >= 15 is 0 Å². The van der Waals surface area contributed by atoms with E-state index in [0.717, 1.165) is 36.8 Å². The van der Waals surface area contributed by atoms with E-state index in [1.165, 1.54) is 11.1 Å². The van der Waals surface area contributed by atoms with Gasteiger partial charge in [-0.3, -0.25) is 0 Å². The van der Waals surface area contributed by atoms with Crippen LogP contribution in [0.1, 0.15) is 44.4 Å². The van der Waals surface area contributed by atoms with E-state index in [9.17, 15) is 0 Å². The van der Waals surface area contributed by atoms with Gasteiger partial charge in [0.05, 0.1) is 6.61 Å². The van der Waals surface area contributed by atoms with Crippen LogP contribution < -0.4 is 10.1 Å². The maximum Gasteiger partial charge on any atom is 0.124 e. The molecule has 1 rings (SSSR count). The van der Waals surface area contributed by atoms with Crippen molar-refractivity contribution < 1.29 is 4.74 Å². The van der Waals surface area contributed by atoms with Crippen molar-refractivity contribution in [1.82, 2.24) is 5.32 Å². The van der Waals surface area contributed by atoms with Gasteiger partial charge in [-0.1, -0.05) is 31.5 Å². The average Bonchev–Trinajstić information content (AvgIpc) is 2.42. The Morgan fingerprint density at radius 1 is 1.32 bits per heavy atom. The minimum Gasteiger partial charge on any atom is -0.492 e. The number of nitrogens with one attached hydrogen (secondary N) is 1. The molecule has 2 nitrogen and oxygen atoms in total. The fraction of sp³-hybridized carbons (Fsp3) is 0.625. The molecular formula is C16H27NOS. The molecule has 0 aliphatic rings. The summed E-state index contributed by atoms with van der Waals surface area (Å²) in [4.78, 5) is 0. The van der Waals surface area contributed by atoms with Gasteiger partial charge in [0.2, 0.25) is 0 Å². The molecule has 0 amide bonds. The van der Waals surface area contributed by atoms with E-state index in [-0.39, 0.29) is 0 Å². The Morgan fingerprint density at radius 3 is 2.79 bits per heavy atom. The maximum absolute atomic E-state index is 5.93. The highest BCUT2D eigenvalue weighted by atomic mass is 32.2. The summed E-state index contributed by atoms with van der Waals surface area (Å²) < 4.78 is 5.93. The highest BCUT2D eigenvalue weighted by molar-refractivity contribution is 7.99. The van der Waals surface area contributed by atoms with Gasteiger partial charge in [0.15, 0.2) is 0 Å². The van der Waals surface area contributed by atoms with Crippen LogP contribution in [0.2, 0.25) is 0 Å². The van der Waals surface area contributed by atoms with Crippen LogP contribution >= 0.6 is 11.8 Å². The molecule has 0 heterocycles. The molecule has 0 aliphatic heterocycles. The van der Waals surface area contributed by atoms with Crippen LogP contribution in [0, 0.1) is 6.92 Å². The van der Waals surface area contributed by atoms with Gasteiger partial charge < -0.3 is 10.1 Å². The van der Waals surface area contributed by atoms with Gasteiger partial charge in [-0.2, -0.15) is 11.8 Å². The minimum absolute atomic E-state index is 0.341. The summed E-state index contributed by atoms with van der Waals surface area (Å²) >= 11 is 1.92. The van der Waals surface area contributed by atoms with E-state index in [1.807, 2.05) is 11.8 Å². The number of aryl methyl sites for hydroxylation is 1. The smallest absolute Gasteiger partial charge is 0.124 e. The molecule has 0 aromatic heterocycles. The molecule has 1 atom stereocenters. The van der Waals surface area contributed by atoms with Crippen molar-refractivity contribution in [3.05, 3.63) is 29.3 Å². The van der Waals surface area contributed by atoms with E-state index in [2.05, 4.69) is 51.2 Å². The maximum atomic E-state index is 5.93. The van der Waals surface area contributed by atoms with Crippen LogP contribution in [-0.4, -0.2) is 24.7 Å². The number of benzene rings is 1. The predicted molar refractivity (Wildman–Crippen MR) is 86.4 cm³/mol. The summed E-state index contributed by atoms with van der Waals surface area (Å²) in [6, 6.07) is 6.80. The molecule has 1 unspecified atom stereocenters. The molecule has 0 bridgehead atoms. The zero-order valence-electron chi connectivity index (χ0n) is 12.7. The Morgan fingerprint density at radius 2 is 2.11 bits per heavy atom. The zero-order chi connectivity index (χ0) is 14.1. The quantitative estimate of drug-likeness (QED) is 0.686. The Labute approximate surface area is 122 Å². The Bertz CT molecular complexity index is 368. The fourth-order valence-electron chi connectivity index (χ4n) is 1.96. The number of hydrogen-bond donors (Lipinski definition) is 1. The van der Waals surface area contributed by atoms with Crippen LogP contribution in [0.15, 0.2) is 18.2 Å². The molecule has 1 N–H and O–H groups in total. The van der Waals surface area contributed by atoms with Gasteiger partial charge in [-0.05, 0) is 38.6 Å². The summed E-state index contributed by atoms with van der Waals surface area (Å²) in [5.74, 6) is 3.23. The summed E-state index contributed by atoms with van der Waals surface area (Å²) in [5, 5.41) is 3.53. The zero-order valence-corrected chi connectivity index (χ0v) is 13.5. The number of hydrogen-bond acceptors (Lipinski definition) is 3. The molecule has 0 aliphatic carbocycles. The lowest BCUT2D eigenvalue weighted by Gasteiger charge is -2.19. The summed E-state index contributed by atoms with van der Waals surface area (Å²) in [6.07, 6.45) is 1.15. The van der Waals surface area contributed by atoms with Gasteiger partial charge in [0.1, 0.15) is 5.75 Å². The largest absolute Gasteiger partial charge is 0.492 e. The molecule has 3 heteroatoms. The van der Waals surface area contributed by atoms with Crippen molar-refractivity contribution in [3.63, 3.8) is 0 Å². The number of thioether (sulfide) groups is 1. The van der Waals surface area contributed by atoms with Gasteiger partial charge in [0.25, 0.3) is 0 Å². The summed E-state index contributed by atoms with van der Waals surface area (Å²) in [6.45, 7) is 10.5. The fourth-order valence-corrected chi connectivity index (χ4v) is 2.45. The summed E-state index contributed by atoms with van der Waals surface area (Å²) in [5.41, 5.74) is 2.56. The summed E-state index contributed by atoms with van der Waals surface area (Å²) in [7, 11) is 0. The molecule has 19 heavy (non-hydrogen) atoms. The first kappa shape index (κ1) is 16.4. The van der Waals surface area contributed by atoms with Crippen LogP contribution in [-0.2, 0) is 0 Å². The molecule has 0 fully saturated rings. The van der Waals surface area contributed by atoms with Gasteiger partial charge >= 0.3 is 0 Å². The van der Waals surface area contributed by atoms with Crippen molar-refractivity contribution in [2.75, 3.05) is 24.7 Å². The molecule has 0 spiro atoms. The highest BCUT2D eigenvalue weighted by Crippen LogP contribution is 2.26. The van der Waals surface area contributed by atoms with Crippen LogP contribution in [0.5, 0.6) is 5.75 Å². The lowest BCUT2D eigenvalue weighted by molar-refractivity contribution is 0.336. The third kappa shape index (κ3) is 5.87. The second-order valence-corrected chi connectivity index (χ2v) is 6.16. The van der Waals surface area contributed by atoms with Crippen molar-refractivity contribution >= 4 is 11.8 Å².